The zero-order chi connectivity index (χ0) is 14.3. The van der Waals surface area contributed by atoms with Gasteiger partial charge in [0.2, 0.25) is 0 Å². The van der Waals surface area contributed by atoms with Crippen molar-refractivity contribution in [1.29, 1.82) is 0 Å². The molecule has 0 spiro atoms. The first-order valence-corrected chi connectivity index (χ1v) is 6.15. The topological polar surface area (TPSA) is 41.5 Å². The van der Waals surface area contributed by atoms with Crippen LogP contribution in [-0.2, 0) is 11.3 Å². The number of hydrogen-bond acceptors (Lipinski definition) is 3. The third-order valence-corrected chi connectivity index (χ3v) is 2.56. The molecule has 1 unspecified atom stereocenters. The van der Waals surface area contributed by atoms with Crippen molar-refractivity contribution >= 4 is 17.3 Å². The molecule has 108 valence electrons. The lowest BCUT2D eigenvalue weighted by molar-refractivity contribution is -0.176. The van der Waals surface area contributed by atoms with Gasteiger partial charge in [0.25, 0.3) is 0 Å². The number of hydrogen-bond donors (Lipinski definition) is 2. The van der Waals surface area contributed by atoms with Crippen LogP contribution in [0.3, 0.4) is 0 Å². The fourth-order valence-corrected chi connectivity index (χ4v) is 1.40. The highest BCUT2D eigenvalue weighted by molar-refractivity contribution is 6.18. The Kier molecular flexibility index (Phi) is 6.41. The number of benzene rings is 1. The molecule has 3 nitrogen and oxygen atoms in total. The zero-order valence-corrected chi connectivity index (χ0v) is 10.8. The fraction of sp³-hybridized carbons (Fsp3) is 0.500. The number of alkyl halides is 4. The van der Waals surface area contributed by atoms with Crippen LogP contribution >= 0.6 is 11.6 Å². The van der Waals surface area contributed by atoms with Crippen molar-refractivity contribution in [2.24, 2.45) is 0 Å². The molecule has 19 heavy (non-hydrogen) atoms. The minimum atomic E-state index is -4.31. The first-order chi connectivity index (χ1) is 8.90. The van der Waals surface area contributed by atoms with Crippen LogP contribution in [0.1, 0.15) is 5.56 Å². The van der Waals surface area contributed by atoms with E-state index in [1.165, 1.54) is 0 Å². The van der Waals surface area contributed by atoms with Crippen LogP contribution in [0, 0.1) is 0 Å². The molecule has 1 aromatic carbocycles. The molecule has 0 aromatic heterocycles. The SMILES string of the molecule is OC(CCl)CNc1ccc(COCC(F)(F)F)cc1. The van der Waals surface area contributed by atoms with Crippen LogP contribution in [-0.4, -0.2) is 36.4 Å². The second-order valence-corrected chi connectivity index (χ2v) is 4.30. The van der Waals surface area contributed by atoms with Gasteiger partial charge >= 0.3 is 6.18 Å². The Morgan fingerprint density at radius 3 is 2.42 bits per heavy atom. The standard InChI is InChI=1S/C12H15ClF3NO2/c13-5-11(18)6-17-10-3-1-9(2-4-10)7-19-8-12(14,15)16/h1-4,11,17-18H,5-8H2. The van der Waals surface area contributed by atoms with Crippen LogP contribution in [0.15, 0.2) is 24.3 Å². The van der Waals surface area contributed by atoms with Gasteiger partial charge in [-0.25, -0.2) is 0 Å². The van der Waals surface area contributed by atoms with E-state index in [4.69, 9.17) is 11.6 Å². The summed E-state index contributed by atoms with van der Waals surface area (Å²) in [5.74, 6) is 0.135. The van der Waals surface area contributed by atoms with E-state index in [9.17, 15) is 18.3 Å². The lowest BCUT2D eigenvalue weighted by atomic mass is 10.2. The van der Waals surface area contributed by atoms with Crippen molar-refractivity contribution in [3.8, 4) is 0 Å². The van der Waals surface area contributed by atoms with Crippen molar-refractivity contribution in [3.05, 3.63) is 29.8 Å². The summed E-state index contributed by atoms with van der Waals surface area (Å²) in [5, 5.41) is 12.2. The average molecular weight is 298 g/mol. The summed E-state index contributed by atoms with van der Waals surface area (Å²) >= 11 is 5.44. The van der Waals surface area contributed by atoms with Crippen LogP contribution < -0.4 is 5.32 Å². The van der Waals surface area contributed by atoms with E-state index in [1.807, 2.05) is 0 Å². The molecule has 0 fully saturated rings. The zero-order valence-electron chi connectivity index (χ0n) is 10.1. The van der Waals surface area contributed by atoms with Gasteiger partial charge in [-0.3, -0.25) is 0 Å². The molecule has 0 amide bonds. The van der Waals surface area contributed by atoms with Crippen LogP contribution in [0.2, 0.25) is 0 Å². The van der Waals surface area contributed by atoms with Gasteiger partial charge in [-0.15, -0.1) is 11.6 Å². The molecule has 0 radical (unpaired) electrons. The largest absolute Gasteiger partial charge is 0.411 e. The Hall–Kier alpha value is -0.980. The molecule has 2 N–H and O–H groups in total. The Labute approximate surface area is 114 Å². The minimum Gasteiger partial charge on any atom is -0.390 e. The van der Waals surface area contributed by atoms with Gasteiger partial charge in [-0.1, -0.05) is 12.1 Å². The lowest BCUT2D eigenvalue weighted by Crippen LogP contribution is -2.20. The minimum absolute atomic E-state index is 0.0932. The molecule has 0 heterocycles. The number of nitrogens with one attached hydrogen (secondary N) is 1. The van der Waals surface area contributed by atoms with Crippen LogP contribution in [0.4, 0.5) is 18.9 Å². The van der Waals surface area contributed by atoms with Gasteiger partial charge in [-0.05, 0) is 17.7 Å². The smallest absolute Gasteiger partial charge is 0.390 e. The lowest BCUT2D eigenvalue weighted by Gasteiger charge is -2.11. The van der Waals surface area contributed by atoms with E-state index in [-0.39, 0.29) is 12.5 Å². The van der Waals surface area contributed by atoms with E-state index < -0.39 is 18.9 Å². The summed E-state index contributed by atoms with van der Waals surface area (Å²) in [6, 6.07) is 6.72. The van der Waals surface area contributed by atoms with E-state index in [2.05, 4.69) is 10.1 Å². The Balaban J connectivity index is 2.35. The van der Waals surface area contributed by atoms with Crippen LogP contribution in [0.25, 0.3) is 0 Å². The predicted molar refractivity (Wildman–Crippen MR) is 67.4 cm³/mol. The Morgan fingerprint density at radius 1 is 1.26 bits per heavy atom. The van der Waals surface area contributed by atoms with Crippen molar-refractivity contribution in [3.63, 3.8) is 0 Å². The number of aliphatic hydroxyl groups excluding tert-OH is 1. The Bertz CT molecular complexity index is 370. The monoisotopic (exact) mass is 297 g/mol. The predicted octanol–water partition coefficient (Wildman–Crippen LogP) is 2.78. The summed E-state index contributed by atoms with van der Waals surface area (Å²) in [6.07, 6.45) is -4.95. The maximum atomic E-state index is 11.9. The second kappa shape index (κ2) is 7.57. The first-order valence-electron chi connectivity index (χ1n) is 5.62. The maximum absolute atomic E-state index is 11.9. The third kappa shape index (κ3) is 7.25. The molecule has 1 aromatic rings. The van der Waals surface area contributed by atoms with E-state index in [0.717, 1.165) is 5.69 Å². The normalized spacial score (nSPS) is 13.3. The third-order valence-electron chi connectivity index (χ3n) is 2.21. The molecule has 0 aliphatic heterocycles. The van der Waals surface area contributed by atoms with Crippen molar-refractivity contribution < 1.29 is 23.0 Å². The second-order valence-electron chi connectivity index (χ2n) is 3.99. The number of halogens is 4. The van der Waals surface area contributed by atoms with Gasteiger partial charge in [0.05, 0.1) is 18.6 Å². The van der Waals surface area contributed by atoms with Gasteiger partial charge in [-0.2, -0.15) is 13.2 Å². The molecule has 0 bridgehead atoms. The molecule has 0 saturated heterocycles. The van der Waals surface area contributed by atoms with Gasteiger partial charge < -0.3 is 15.2 Å². The first kappa shape index (κ1) is 16.1. The highest BCUT2D eigenvalue weighted by Gasteiger charge is 2.27. The molecular weight excluding hydrogens is 283 g/mol. The number of anilines is 1. The van der Waals surface area contributed by atoms with E-state index in [0.29, 0.717) is 12.1 Å². The summed E-state index contributed by atoms with van der Waals surface area (Å²) in [5.41, 5.74) is 1.40. The van der Waals surface area contributed by atoms with Crippen LogP contribution in [0.5, 0.6) is 0 Å². The number of ether oxygens (including phenoxy) is 1. The molecule has 1 atom stereocenters. The molecular formula is C12H15ClF3NO2. The summed E-state index contributed by atoms with van der Waals surface area (Å²) < 4.78 is 40.1. The van der Waals surface area contributed by atoms with E-state index in [1.54, 1.807) is 24.3 Å². The summed E-state index contributed by atoms with van der Waals surface area (Å²) in [7, 11) is 0. The summed E-state index contributed by atoms with van der Waals surface area (Å²) in [6.45, 7) is -1.04. The average Bonchev–Trinajstić information content (AvgIpc) is 2.36. The van der Waals surface area contributed by atoms with Crippen molar-refractivity contribution in [2.75, 3.05) is 24.3 Å². The molecule has 0 aliphatic rings. The van der Waals surface area contributed by atoms with Crippen molar-refractivity contribution in [2.45, 2.75) is 18.9 Å². The fourth-order valence-electron chi connectivity index (χ4n) is 1.29. The molecule has 0 aliphatic carbocycles. The van der Waals surface area contributed by atoms with Gasteiger partial charge in [0.1, 0.15) is 6.61 Å². The molecule has 1 rings (SSSR count). The molecule has 0 saturated carbocycles. The van der Waals surface area contributed by atoms with E-state index >= 15 is 0 Å². The Morgan fingerprint density at radius 2 is 1.89 bits per heavy atom. The maximum Gasteiger partial charge on any atom is 0.411 e. The number of aliphatic hydroxyl groups is 1. The number of rotatable bonds is 7. The van der Waals surface area contributed by atoms with Gasteiger partial charge in [0.15, 0.2) is 0 Å². The highest BCUT2D eigenvalue weighted by atomic mass is 35.5. The highest BCUT2D eigenvalue weighted by Crippen LogP contribution is 2.16. The van der Waals surface area contributed by atoms with Gasteiger partial charge in [0, 0.05) is 12.2 Å². The summed E-state index contributed by atoms with van der Waals surface area (Å²) in [4.78, 5) is 0. The molecule has 7 heteroatoms. The quantitative estimate of drug-likeness (QED) is 0.761. The van der Waals surface area contributed by atoms with Crippen molar-refractivity contribution in [1.82, 2.24) is 0 Å².